The summed E-state index contributed by atoms with van der Waals surface area (Å²) in [5.41, 5.74) is 1.17. The average molecular weight is 247 g/mol. The molecule has 0 bridgehead atoms. The zero-order valence-electron chi connectivity index (χ0n) is 11.5. The SMILES string of the molecule is CC(NC1CCCCCC1C)c1cccc(O)c1. The number of hydrogen-bond donors (Lipinski definition) is 2. The Labute approximate surface area is 110 Å². The molecule has 0 aliphatic heterocycles. The second-order valence-corrected chi connectivity index (χ2v) is 5.71. The third-order valence-electron chi connectivity index (χ3n) is 4.20. The van der Waals surface area contributed by atoms with Crippen LogP contribution in [0.1, 0.15) is 57.6 Å². The molecule has 3 unspecified atom stereocenters. The minimum Gasteiger partial charge on any atom is -0.508 e. The van der Waals surface area contributed by atoms with Gasteiger partial charge in [-0.25, -0.2) is 0 Å². The third-order valence-corrected chi connectivity index (χ3v) is 4.20. The fourth-order valence-corrected chi connectivity index (χ4v) is 2.95. The summed E-state index contributed by atoms with van der Waals surface area (Å²) in [6.45, 7) is 4.55. The van der Waals surface area contributed by atoms with Crippen molar-refractivity contribution in [3.05, 3.63) is 29.8 Å². The minimum absolute atomic E-state index is 0.308. The largest absolute Gasteiger partial charge is 0.508 e. The number of rotatable bonds is 3. The maximum atomic E-state index is 9.54. The molecule has 2 N–H and O–H groups in total. The van der Waals surface area contributed by atoms with Crippen LogP contribution < -0.4 is 5.32 Å². The number of phenols is 1. The highest BCUT2D eigenvalue weighted by molar-refractivity contribution is 5.29. The molecule has 0 heterocycles. The van der Waals surface area contributed by atoms with Crippen LogP contribution in [0.25, 0.3) is 0 Å². The van der Waals surface area contributed by atoms with E-state index in [1.54, 1.807) is 6.07 Å². The van der Waals surface area contributed by atoms with Crippen LogP contribution in [-0.2, 0) is 0 Å². The van der Waals surface area contributed by atoms with Crippen LogP contribution in [0.5, 0.6) is 5.75 Å². The van der Waals surface area contributed by atoms with Crippen molar-refractivity contribution in [2.24, 2.45) is 5.92 Å². The van der Waals surface area contributed by atoms with Gasteiger partial charge in [-0.3, -0.25) is 0 Å². The molecule has 0 spiro atoms. The predicted molar refractivity (Wildman–Crippen MR) is 75.7 cm³/mol. The van der Waals surface area contributed by atoms with Crippen molar-refractivity contribution in [2.75, 3.05) is 0 Å². The molecule has 1 aromatic carbocycles. The molecule has 0 aromatic heterocycles. The fraction of sp³-hybridized carbons (Fsp3) is 0.625. The summed E-state index contributed by atoms with van der Waals surface area (Å²) in [6, 6.07) is 8.51. The van der Waals surface area contributed by atoms with Gasteiger partial charge >= 0.3 is 0 Å². The van der Waals surface area contributed by atoms with E-state index in [0.717, 1.165) is 5.92 Å². The molecule has 0 radical (unpaired) electrons. The van der Waals surface area contributed by atoms with Gasteiger partial charge < -0.3 is 10.4 Å². The van der Waals surface area contributed by atoms with E-state index in [9.17, 15) is 5.11 Å². The lowest BCUT2D eigenvalue weighted by Crippen LogP contribution is -2.36. The van der Waals surface area contributed by atoms with Crippen molar-refractivity contribution in [1.29, 1.82) is 0 Å². The van der Waals surface area contributed by atoms with Crippen molar-refractivity contribution in [3.8, 4) is 5.75 Å². The van der Waals surface area contributed by atoms with Crippen molar-refractivity contribution in [3.63, 3.8) is 0 Å². The molecule has 0 saturated heterocycles. The van der Waals surface area contributed by atoms with Crippen LogP contribution in [0.15, 0.2) is 24.3 Å². The Morgan fingerprint density at radius 1 is 1.22 bits per heavy atom. The summed E-state index contributed by atoms with van der Waals surface area (Å²) in [5, 5.41) is 13.3. The first-order valence-corrected chi connectivity index (χ1v) is 7.22. The van der Waals surface area contributed by atoms with Crippen LogP contribution >= 0.6 is 0 Å². The van der Waals surface area contributed by atoms with Gasteiger partial charge in [0.15, 0.2) is 0 Å². The standard InChI is InChI=1S/C16H25NO/c1-12-7-4-3-5-10-16(12)17-13(2)14-8-6-9-15(18)11-14/h6,8-9,11-13,16-18H,3-5,7,10H2,1-2H3. The first-order chi connectivity index (χ1) is 8.66. The highest BCUT2D eigenvalue weighted by Gasteiger charge is 2.21. The summed E-state index contributed by atoms with van der Waals surface area (Å²) in [5.74, 6) is 1.11. The summed E-state index contributed by atoms with van der Waals surface area (Å²) in [7, 11) is 0. The van der Waals surface area contributed by atoms with E-state index in [2.05, 4.69) is 25.2 Å². The van der Waals surface area contributed by atoms with E-state index in [1.807, 2.05) is 12.1 Å². The Hall–Kier alpha value is -1.02. The van der Waals surface area contributed by atoms with Gasteiger partial charge in [-0.05, 0) is 43.4 Å². The summed E-state index contributed by atoms with van der Waals surface area (Å²) in [4.78, 5) is 0. The van der Waals surface area contributed by atoms with E-state index in [1.165, 1.54) is 37.7 Å². The highest BCUT2D eigenvalue weighted by Crippen LogP contribution is 2.26. The molecule has 1 fully saturated rings. The van der Waals surface area contributed by atoms with Gasteiger partial charge in [0.1, 0.15) is 5.75 Å². The molecule has 2 nitrogen and oxygen atoms in total. The zero-order chi connectivity index (χ0) is 13.0. The van der Waals surface area contributed by atoms with Gasteiger partial charge in [0.25, 0.3) is 0 Å². The Kier molecular flexibility index (Phi) is 4.65. The lowest BCUT2D eigenvalue weighted by Gasteiger charge is -2.27. The van der Waals surface area contributed by atoms with E-state index in [0.29, 0.717) is 17.8 Å². The van der Waals surface area contributed by atoms with Crippen molar-refractivity contribution < 1.29 is 5.11 Å². The number of hydrogen-bond acceptors (Lipinski definition) is 2. The average Bonchev–Trinajstić information content (AvgIpc) is 2.55. The third kappa shape index (κ3) is 3.49. The van der Waals surface area contributed by atoms with E-state index >= 15 is 0 Å². The lowest BCUT2D eigenvalue weighted by molar-refractivity contribution is 0.330. The molecular formula is C16H25NO. The Balaban J connectivity index is 1.99. The molecule has 100 valence electrons. The van der Waals surface area contributed by atoms with Crippen molar-refractivity contribution in [2.45, 2.75) is 58.0 Å². The first-order valence-electron chi connectivity index (χ1n) is 7.22. The molecular weight excluding hydrogens is 222 g/mol. The number of nitrogens with one attached hydrogen (secondary N) is 1. The van der Waals surface area contributed by atoms with Gasteiger partial charge in [-0.1, -0.05) is 38.3 Å². The zero-order valence-corrected chi connectivity index (χ0v) is 11.5. The van der Waals surface area contributed by atoms with Crippen molar-refractivity contribution in [1.82, 2.24) is 5.32 Å². The van der Waals surface area contributed by atoms with Gasteiger partial charge in [-0.2, -0.15) is 0 Å². The normalized spacial score (nSPS) is 26.6. The molecule has 3 atom stereocenters. The number of phenolic OH excluding ortho intramolecular Hbond substituents is 1. The maximum absolute atomic E-state index is 9.54. The maximum Gasteiger partial charge on any atom is 0.115 e. The van der Waals surface area contributed by atoms with Crippen LogP contribution in [-0.4, -0.2) is 11.1 Å². The molecule has 0 amide bonds. The molecule has 2 heteroatoms. The van der Waals surface area contributed by atoms with Crippen LogP contribution in [0.2, 0.25) is 0 Å². The first kappa shape index (κ1) is 13.4. The molecule has 1 aromatic rings. The van der Waals surface area contributed by atoms with E-state index in [-0.39, 0.29) is 0 Å². The minimum atomic E-state index is 0.308. The molecule has 18 heavy (non-hydrogen) atoms. The monoisotopic (exact) mass is 247 g/mol. The Morgan fingerprint density at radius 2 is 2.00 bits per heavy atom. The van der Waals surface area contributed by atoms with Gasteiger partial charge in [0, 0.05) is 12.1 Å². The van der Waals surface area contributed by atoms with Crippen LogP contribution in [0.4, 0.5) is 0 Å². The Bertz CT molecular complexity index is 377. The van der Waals surface area contributed by atoms with Crippen LogP contribution in [0.3, 0.4) is 0 Å². The number of aromatic hydroxyl groups is 1. The summed E-state index contributed by atoms with van der Waals surface area (Å²) < 4.78 is 0. The van der Waals surface area contributed by atoms with Crippen LogP contribution in [0, 0.1) is 5.92 Å². The molecule has 1 aliphatic rings. The van der Waals surface area contributed by atoms with E-state index < -0.39 is 0 Å². The number of benzene rings is 1. The molecule has 1 saturated carbocycles. The molecule has 1 aliphatic carbocycles. The smallest absolute Gasteiger partial charge is 0.115 e. The van der Waals surface area contributed by atoms with E-state index in [4.69, 9.17) is 0 Å². The topological polar surface area (TPSA) is 32.3 Å². The molecule has 2 rings (SSSR count). The summed E-state index contributed by atoms with van der Waals surface area (Å²) >= 11 is 0. The second-order valence-electron chi connectivity index (χ2n) is 5.71. The second kappa shape index (κ2) is 6.24. The predicted octanol–water partition coefficient (Wildman–Crippen LogP) is 4.01. The van der Waals surface area contributed by atoms with Gasteiger partial charge in [0.05, 0.1) is 0 Å². The quantitative estimate of drug-likeness (QED) is 0.791. The Morgan fingerprint density at radius 3 is 2.78 bits per heavy atom. The summed E-state index contributed by atoms with van der Waals surface area (Å²) in [6.07, 6.45) is 6.71. The fourth-order valence-electron chi connectivity index (χ4n) is 2.95. The highest BCUT2D eigenvalue weighted by atomic mass is 16.3. The lowest BCUT2D eigenvalue weighted by atomic mass is 9.95. The van der Waals surface area contributed by atoms with Crippen molar-refractivity contribution >= 4 is 0 Å². The van der Waals surface area contributed by atoms with Gasteiger partial charge in [-0.15, -0.1) is 0 Å². The van der Waals surface area contributed by atoms with Gasteiger partial charge in [0.2, 0.25) is 0 Å².